The fourth-order valence-electron chi connectivity index (χ4n) is 3.98. The number of rotatable bonds is 6. The van der Waals surface area contributed by atoms with Gasteiger partial charge in [0.25, 0.3) is 5.69 Å². The van der Waals surface area contributed by atoms with E-state index in [9.17, 15) is 29.1 Å². The predicted molar refractivity (Wildman–Crippen MR) is 113 cm³/mol. The minimum atomic E-state index is -4.25. The molecule has 3 rings (SSSR count). The van der Waals surface area contributed by atoms with Crippen molar-refractivity contribution in [3.8, 4) is 12.1 Å². The standard InChI is InChI=1S/C22H18N4O4S/c1-3-21(4-2)16-25(31(29,30)19-12-10-18(11-13-19)26(27)28)20(22(21,14-23)15-24)17-8-6-5-7-9-17/h3-13,20H,1-2,16H2/t20-/m0/s1. The summed E-state index contributed by atoms with van der Waals surface area (Å²) >= 11 is 0. The molecule has 1 fully saturated rings. The van der Waals surface area contributed by atoms with Gasteiger partial charge >= 0.3 is 0 Å². The maximum atomic E-state index is 13.6. The molecule has 1 aliphatic rings. The van der Waals surface area contributed by atoms with E-state index in [4.69, 9.17) is 0 Å². The van der Waals surface area contributed by atoms with E-state index in [0.29, 0.717) is 5.56 Å². The van der Waals surface area contributed by atoms with Crippen LogP contribution in [0.25, 0.3) is 0 Å². The highest BCUT2D eigenvalue weighted by Gasteiger charge is 2.65. The van der Waals surface area contributed by atoms with Crippen molar-refractivity contribution < 1.29 is 13.3 Å². The molecule has 0 saturated carbocycles. The van der Waals surface area contributed by atoms with Crippen LogP contribution in [0.5, 0.6) is 0 Å². The summed E-state index contributed by atoms with van der Waals surface area (Å²) in [7, 11) is -4.25. The van der Waals surface area contributed by atoms with E-state index in [1.807, 2.05) is 12.1 Å². The Morgan fingerprint density at radius 3 is 2.06 bits per heavy atom. The van der Waals surface area contributed by atoms with Gasteiger partial charge in [0.15, 0.2) is 5.41 Å². The molecular weight excluding hydrogens is 416 g/mol. The summed E-state index contributed by atoms with van der Waals surface area (Å²) in [5.74, 6) is 0. The number of sulfonamides is 1. The summed E-state index contributed by atoms with van der Waals surface area (Å²) in [6.45, 7) is 7.27. The van der Waals surface area contributed by atoms with Gasteiger partial charge in [-0.2, -0.15) is 14.8 Å². The zero-order chi connectivity index (χ0) is 22.9. The number of nitriles is 2. The molecule has 8 nitrogen and oxygen atoms in total. The molecule has 0 aliphatic carbocycles. The second-order valence-corrected chi connectivity index (χ2v) is 8.99. The molecular formula is C22H18N4O4S. The van der Waals surface area contributed by atoms with E-state index in [1.54, 1.807) is 30.3 Å². The lowest BCUT2D eigenvalue weighted by atomic mass is 9.63. The first-order valence-electron chi connectivity index (χ1n) is 9.14. The van der Waals surface area contributed by atoms with E-state index in [1.165, 1.54) is 12.2 Å². The van der Waals surface area contributed by atoms with Crippen LogP contribution in [0.3, 0.4) is 0 Å². The monoisotopic (exact) mass is 434 g/mol. The van der Waals surface area contributed by atoms with E-state index in [2.05, 4.69) is 13.2 Å². The summed E-state index contributed by atoms with van der Waals surface area (Å²) in [6.07, 6.45) is 2.77. The van der Waals surface area contributed by atoms with Gasteiger partial charge in [-0.1, -0.05) is 42.5 Å². The van der Waals surface area contributed by atoms with Gasteiger partial charge in [0.2, 0.25) is 10.0 Å². The lowest BCUT2D eigenvalue weighted by molar-refractivity contribution is -0.384. The second-order valence-electron chi connectivity index (χ2n) is 7.09. The Kier molecular flexibility index (Phi) is 5.51. The third-order valence-corrected chi connectivity index (χ3v) is 7.53. The number of non-ortho nitro benzene ring substituents is 1. The van der Waals surface area contributed by atoms with Gasteiger partial charge < -0.3 is 0 Å². The number of nitro benzene ring substituents is 1. The number of nitro groups is 1. The number of hydrogen-bond acceptors (Lipinski definition) is 6. The molecule has 31 heavy (non-hydrogen) atoms. The van der Waals surface area contributed by atoms with Crippen molar-refractivity contribution in [1.29, 1.82) is 10.5 Å². The molecule has 156 valence electrons. The van der Waals surface area contributed by atoms with Gasteiger partial charge in [-0.15, -0.1) is 13.2 Å². The first kappa shape index (κ1) is 21.9. The van der Waals surface area contributed by atoms with Crippen LogP contribution in [0.4, 0.5) is 5.69 Å². The van der Waals surface area contributed by atoms with Gasteiger partial charge in [-0.05, 0) is 17.7 Å². The van der Waals surface area contributed by atoms with Crippen LogP contribution in [-0.4, -0.2) is 24.2 Å². The number of benzene rings is 2. The average Bonchev–Trinajstić information content (AvgIpc) is 3.11. The largest absolute Gasteiger partial charge is 0.269 e. The van der Waals surface area contributed by atoms with Gasteiger partial charge in [0, 0.05) is 18.7 Å². The van der Waals surface area contributed by atoms with Crippen molar-refractivity contribution in [2.75, 3.05) is 6.54 Å². The summed E-state index contributed by atoms with van der Waals surface area (Å²) in [4.78, 5) is 10.1. The van der Waals surface area contributed by atoms with Crippen molar-refractivity contribution in [1.82, 2.24) is 4.31 Å². The Hall–Kier alpha value is -3.79. The molecule has 1 heterocycles. The lowest BCUT2D eigenvalue weighted by Crippen LogP contribution is -2.38. The molecule has 2 aromatic carbocycles. The van der Waals surface area contributed by atoms with Crippen LogP contribution in [-0.2, 0) is 10.0 Å². The van der Waals surface area contributed by atoms with Crippen molar-refractivity contribution >= 4 is 15.7 Å². The molecule has 9 heteroatoms. The third-order valence-electron chi connectivity index (χ3n) is 5.70. The normalized spacial score (nSPS) is 19.6. The van der Waals surface area contributed by atoms with E-state index in [-0.39, 0.29) is 17.1 Å². The molecule has 0 unspecified atom stereocenters. The Labute approximate surface area is 180 Å². The third kappa shape index (κ3) is 3.12. The van der Waals surface area contributed by atoms with Crippen LogP contribution >= 0.6 is 0 Å². The van der Waals surface area contributed by atoms with E-state index >= 15 is 0 Å². The topological polar surface area (TPSA) is 128 Å². The highest BCUT2D eigenvalue weighted by atomic mass is 32.2. The first-order chi connectivity index (χ1) is 14.7. The van der Waals surface area contributed by atoms with E-state index in [0.717, 1.165) is 28.6 Å². The summed E-state index contributed by atoms with van der Waals surface area (Å²) in [5.41, 5.74) is -2.96. The van der Waals surface area contributed by atoms with Crippen molar-refractivity contribution in [3.63, 3.8) is 0 Å². The molecule has 1 atom stereocenters. The maximum absolute atomic E-state index is 13.6. The minimum Gasteiger partial charge on any atom is -0.258 e. The smallest absolute Gasteiger partial charge is 0.258 e. The summed E-state index contributed by atoms with van der Waals surface area (Å²) in [6, 6.07) is 15.8. The quantitative estimate of drug-likeness (QED) is 0.387. The molecule has 0 spiro atoms. The number of nitrogens with zero attached hydrogens (tertiary/aromatic N) is 4. The van der Waals surface area contributed by atoms with Gasteiger partial charge in [0.1, 0.15) is 0 Å². The van der Waals surface area contributed by atoms with Crippen LogP contribution in [0.15, 0.2) is 84.8 Å². The Bertz CT molecular complexity index is 1200. The summed E-state index contributed by atoms with van der Waals surface area (Å²) < 4.78 is 28.3. The minimum absolute atomic E-state index is 0.187. The van der Waals surface area contributed by atoms with Crippen molar-refractivity contribution in [3.05, 3.63) is 95.6 Å². The van der Waals surface area contributed by atoms with Crippen molar-refractivity contribution in [2.45, 2.75) is 10.9 Å². The Morgan fingerprint density at radius 2 is 1.61 bits per heavy atom. The fraction of sp³-hybridized carbons (Fsp3) is 0.182. The fourth-order valence-corrected chi connectivity index (χ4v) is 5.68. The van der Waals surface area contributed by atoms with Gasteiger partial charge in [-0.3, -0.25) is 10.1 Å². The van der Waals surface area contributed by atoms with Crippen LogP contribution in [0.1, 0.15) is 11.6 Å². The molecule has 0 amide bonds. The highest BCUT2D eigenvalue weighted by molar-refractivity contribution is 7.89. The number of hydrogen-bond donors (Lipinski definition) is 0. The Morgan fingerprint density at radius 1 is 1.06 bits per heavy atom. The maximum Gasteiger partial charge on any atom is 0.269 e. The molecule has 0 aromatic heterocycles. The zero-order valence-corrected chi connectivity index (χ0v) is 17.2. The summed E-state index contributed by atoms with van der Waals surface area (Å²) in [5, 5.41) is 31.2. The molecule has 1 aliphatic heterocycles. The molecule has 0 bridgehead atoms. The molecule has 0 radical (unpaired) electrons. The molecule has 0 N–H and O–H groups in total. The molecule has 2 aromatic rings. The van der Waals surface area contributed by atoms with Crippen LogP contribution < -0.4 is 0 Å². The van der Waals surface area contributed by atoms with E-state index < -0.39 is 31.8 Å². The van der Waals surface area contributed by atoms with Gasteiger partial charge in [0.05, 0.1) is 33.4 Å². The predicted octanol–water partition coefficient (Wildman–Crippen LogP) is 3.73. The van der Waals surface area contributed by atoms with Gasteiger partial charge in [-0.25, -0.2) is 8.42 Å². The lowest BCUT2D eigenvalue weighted by Gasteiger charge is -2.33. The first-order valence-corrected chi connectivity index (χ1v) is 10.6. The zero-order valence-electron chi connectivity index (χ0n) is 16.4. The second kappa shape index (κ2) is 7.80. The van der Waals surface area contributed by atoms with Crippen LogP contribution in [0, 0.1) is 43.6 Å². The Balaban J connectivity index is 2.28. The molecule has 1 saturated heterocycles. The van der Waals surface area contributed by atoms with Crippen molar-refractivity contribution in [2.24, 2.45) is 10.8 Å². The highest BCUT2D eigenvalue weighted by Crippen LogP contribution is 2.59. The van der Waals surface area contributed by atoms with Crippen LogP contribution in [0.2, 0.25) is 0 Å². The SMILES string of the molecule is C=CC1(C=C)CN(S(=O)(=O)c2ccc([N+](=O)[O-])cc2)[C@@H](c2ccccc2)C1(C#N)C#N. The average molecular weight is 434 g/mol.